The van der Waals surface area contributed by atoms with Crippen LogP contribution in [0.15, 0.2) is 60.7 Å². The van der Waals surface area contributed by atoms with Crippen molar-refractivity contribution < 1.29 is 27.5 Å². The van der Waals surface area contributed by atoms with Gasteiger partial charge in [-0.25, -0.2) is 9.48 Å². The van der Waals surface area contributed by atoms with Crippen LogP contribution in [0.2, 0.25) is 0 Å². The minimum Gasteiger partial charge on any atom is -0.406 e. The highest BCUT2D eigenvalue weighted by Crippen LogP contribution is 2.31. The third kappa shape index (κ3) is 4.77. The van der Waals surface area contributed by atoms with Crippen LogP contribution in [0.1, 0.15) is 0 Å². The van der Waals surface area contributed by atoms with E-state index in [1.807, 2.05) is 6.07 Å². The smallest absolute Gasteiger partial charge is 0.406 e. The van der Waals surface area contributed by atoms with Crippen LogP contribution in [0.5, 0.6) is 5.75 Å². The van der Waals surface area contributed by atoms with E-state index in [9.17, 15) is 22.8 Å². The molecule has 1 fully saturated rings. The molecule has 2 heterocycles. The average Bonchev–Trinajstić information content (AvgIpc) is 3.34. The first-order valence-corrected chi connectivity index (χ1v) is 9.15. The van der Waals surface area contributed by atoms with Gasteiger partial charge in [-0.3, -0.25) is 4.79 Å². The fourth-order valence-electron chi connectivity index (χ4n) is 3.09. The van der Waals surface area contributed by atoms with Crippen molar-refractivity contribution in [3.8, 4) is 22.7 Å². The van der Waals surface area contributed by atoms with Crippen LogP contribution in [0.4, 0.5) is 23.8 Å². The molecule has 31 heavy (non-hydrogen) atoms. The normalized spacial score (nSPS) is 15.8. The summed E-state index contributed by atoms with van der Waals surface area (Å²) in [5.74, 6) is -0.681. The molecule has 8 nitrogen and oxygen atoms in total. The van der Waals surface area contributed by atoms with E-state index in [2.05, 4.69) is 25.8 Å². The number of hydrogen-bond donors (Lipinski definition) is 3. The molecule has 1 aliphatic rings. The topological polar surface area (TPSA) is 97.3 Å². The third-order valence-electron chi connectivity index (χ3n) is 4.41. The second-order valence-electron chi connectivity index (χ2n) is 6.63. The van der Waals surface area contributed by atoms with Crippen molar-refractivity contribution in [2.24, 2.45) is 0 Å². The van der Waals surface area contributed by atoms with Gasteiger partial charge < -0.3 is 20.7 Å². The SMILES string of the molecule is O=C1NC[C@H](C(=O)Nc2cc(-c3cccc(OC(F)(F)F)c3)n(-c3ccccc3)n2)N1. The number of ether oxygens (including phenoxy) is 1. The lowest BCUT2D eigenvalue weighted by Gasteiger charge is -2.11. The Labute approximate surface area is 174 Å². The highest BCUT2D eigenvalue weighted by Gasteiger charge is 2.31. The van der Waals surface area contributed by atoms with E-state index in [0.717, 1.165) is 0 Å². The van der Waals surface area contributed by atoms with Gasteiger partial charge in [-0.05, 0) is 24.3 Å². The molecule has 0 spiro atoms. The summed E-state index contributed by atoms with van der Waals surface area (Å²) in [5.41, 5.74) is 1.47. The summed E-state index contributed by atoms with van der Waals surface area (Å²) in [5, 5.41) is 12.0. The lowest BCUT2D eigenvalue weighted by Crippen LogP contribution is -2.38. The zero-order chi connectivity index (χ0) is 22.0. The summed E-state index contributed by atoms with van der Waals surface area (Å²) in [6.07, 6.45) is -4.82. The average molecular weight is 431 g/mol. The van der Waals surface area contributed by atoms with Gasteiger partial charge in [0.15, 0.2) is 5.82 Å². The van der Waals surface area contributed by atoms with Gasteiger partial charge in [0.25, 0.3) is 0 Å². The lowest BCUT2D eigenvalue weighted by atomic mass is 10.1. The first kappa shape index (κ1) is 20.3. The first-order chi connectivity index (χ1) is 14.8. The molecule has 3 aromatic rings. The lowest BCUT2D eigenvalue weighted by molar-refractivity contribution is -0.274. The molecule has 1 saturated heterocycles. The number of carbonyl (C=O) groups is 2. The molecule has 1 aliphatic heterocycles. The maximum Gasteiger partial charge on any atom is 0.573 e. The second kappa shape index (κ2) is 8.01. The Kier molecular flexibility index (Phi) is 5.24. The van der Waals surface area contributed by atoms with E-state index in [1.54, 1.807) is 30.3 Å². The van der Waals surface area contributed by atoms with Gasteiger partial charge >= 0.3 is 12.4 Å². The fraction of sp³-hybridized carbons (Fsp3) is 0.150. The van der Waals surface area contributed by atoms with E-state index >= 15 is 0 Å². The molecule has 11 heteroatoms. The van der Waals surface area contributed by atoms with Crippen molar-refractivity contribution >= 4 is 17.8 Å². The quantitative estimate of drug-likeness (QED) is 0.579. The molecular weight excluding hydrogens is 415 g/mol. The maximum atomic E-state index is 12.6. The largest absolute Gasteiger partial charge is 0.573 e. The number of benzene rings is 2. The minimum absolute atomic E-state index is 0.133. The van der Waals surface area contributed by atoms with Crippen molar-refractivity contribution in [2.45, 2.75) is 12.4 Å². The summed E-state index contributed by atoms with van der Waals surface area (Å²) >= 11 is 0. The Morgan fingerprint density at radius 2 is 1.90 bits per heavy atom. The highest BCUT2D eigenvalue weighted by molar-refractivity contribution is 5.98. The van der Waals surface area contributed by atoms with Crippen molar-refractivity contribution in [3.63, 3.8) is 0 Å². The molecule has 0 radical (unpaired) electrons. The Morgan fingerprint density at radius 3 is 2.58 bits per heavy atom. The molecule has 0 unspecified atom stereocenters. The van der Waals surface area contributed by atoms with E-state index in [-0.39, 0.29) is 18.1 Å². The van der Waals surface area contributed by atoms with E-state index in [1.165, 1.54) is 28.9 Å². The number of anilines is 1. The maximum absolute atomic E-state index is 12.6. The fourth-order valence-corrected chi connectivity index (χ4v) is 3.09. The molecule has 1 atom stereocenters. The van der Waals surface area contributed by atoms with Crippen molar-refractivity contribution in [1.82, 2.24) is 20.4 Å². The van der Waals surface area contributed by atoms with Crippen LogP contribution in [0, 0.1) is 0 Å². The van der Waals surface area contributed by atoms with Gasteiger partial charge in [-0.1, -0.05) is 30.3 Å². The number of nitrogens with one attached hydrogen (secondary N) is 3. The first-order valence-electron chi connectivity index (χ1n) is 9.15. The number of halogens is 3. The number of amides is 3. The van der Waals surface area contributed by atoms with Gasteiger partial charge in [-0.15, -0.1) is 18.3 Å². The van der Waals surface area contributed by atoms with Crippen LogP contribution >= 0.6 is 0 Å². The summed E-state index contributed by atoms with van der Waals surface area (Å²) in [4.78, 5) is 23.7. The molecular formula is C20H16F3N5O3. The number of para-hydroxylation sites is 1. The monoisotopic (exact) mass is 431 g/mol. The molecule has 3 amide bonds. The van der Waals surface area contributed by atoms with Gasteiger partial charge in [0, 0.05) is 18.2 Å². The zero-order valence-corrected chi connectivity index (χ0v) is 15.8. The molecule has 1 aromatic heterocycles. The number of urea groups is 1. The number of nitrogens with zero attached hydrogens (tertiary/aromatic N) is 2. The van der Waals surface area contributed by atoms with Gasteiger partial charge in [0.05, 0.1) is 11.4 Å². The predicted molar refractivity (Wildman–Crippen MR) is 105 cm³/mol. The van der Waals surface area contributed by atoms with Gasteiger partial charge in [-0.2, -0.15) is 0 Å². The van der Waals surface area contributed by atoms with Crippen molar-refractivity contribution in [2.75, 3.05) is 11.9 Å². The van der Waals surface area contributed by atoms with Crippen LogP contribution in [-0.2, 0) is 4.79 Å². The summed E-state index contributed by atoms with van der Waals surface area (Å²) in [7, 11) is 0. The summed E-state index contributed by atoms with van der Waals surface area (Å²) in [6.45, 7) is 0.133. The van der Waals surface area contributed by atoms with E-state index in [0.29, 0.717) is 16.9 Å². The van der Waals surface area contributed by atoms with Crippen molar-refractivity contribution in [3.05, 3.63) is 60.7 Å². The zero-order valence-electron chi connectivity index (χ0n) is 15.8. The van der Waals surface area contributed by atoms with Crippen LogP contribution in [0.3, 0.4) is 0 Å². The molecule has 4 rings (SSSR count). The minimum atomic E-state index is -4.82. The number of rotatable bonds is 5. The standard InChI is InChI=1S/C20H16F3N5O3/c21-20(22,23)31-14-8-4-5-12(9-14)16-10-17(26-18(29)15-11-24-19(30)25-15)27-28(16)13-6-2-1-3-7-13/h1-10,15H,11H2,(H2,24,25,30)(H,26,27,29)/t15-/m1/s1. The number of hydrogen-bond acceptors (Lipinski definition) is 4. The van der Waals surface area contributed by atoms with Crippen LogP contribution < -0.4 is 20.7 Å². The Balaban J connectivity index is 1.69. The van der Waals surface area contributed by atoms with Crippen molar-refractivity contribution in [1.29, 1.82) is 0 Å². The predicted octanol–water partition coefficient (Wildman–Crippen LogP) is 3.06. The van der Waals surface area contributed by atoms with Gasteiger partial charge in [0.2, 0.25) is 5.91 Å². The second-order valence-corrected chi connectivity index (χ2v) is 6.63. The summed E-state index contributed by atoms with van der Waals surface area (Å²) in [6, 6.07) is 14.7. The molecule has 3 N–H and O–H groups in total. The Bertz CT molecular complexity index is 1110. The summed E-state index contributed by atoms with van der Waals surface area (Å²) < 4.78 is 43.4. The number of carbonyl (C=O) groups excluding carboxylic acids is 2. The van der Waals surface area contributed by atoms with Crippen LogP contribution in [0.25, 0.3) is 16.9 Å². The molecule has 0 saturated carbocycles. The number of alkyl halides is 3. The van der Waals surface area contributed by atoms with Gasteiger partial charge in [0.1, 0.15) is 11.8 Å². The Morgan fingerprint density at radius 1 is 1.13 bits per heavy atom. The number of aromatic nitrogens is 2. The highest BCUT2D eigenvalue weighted by atomic mass is 19.4. The van der Waals surface area contributed by atoms with E-state index < -0.39 is 24.3 Å². The third-order valence-corrected chi connectivity index (χ3v) is 4.41. The molecule has 2 aromatic carbocycles. The Hall–Kier alpha value is -4.02. The molecule has 160 valence electrons. The van der Waals surface area contributed by atoms with E-state index in [4.69, 9.17) is 0 Å². The van der Waals surface area contributed by atoms with Crippen LogP contribution in [-0.4, -0.2) is 40.7 Å². The molecule has 0 aliphatic carbocycles. The molecule has 0 bridgehead atoms.